The number of benzene rings is 1. The Labute approximate surface area is 110 Å². The monoisotopic (exact) mass is 273 g/mol. The van der Waals surface area contributed by atoms with E-state index in [9.17, 15) is 4.79 Å². The van der Waals surface area contributed by atoms with Crippen LogP contribution in [0.15, 0.2) is 24.3 Å². The van der Waals surface area contributed by atoms with Gasteiger partial charge in [0.25, 0.3) is 0 Å². The predicted octanol–water partition coefficient (Wildman–Crippen LogP) is 2.50. The van der Waals surface area contributed by atoms with Crippen molar-refractivity contribution in [1.82, 2.24) is 5.32 Å². The molecule has 1 rings (SSSR count). The molecule has 1 aromatic carbocycles. The van der Waals surface area contributed by atoms with Crippen molar-refractivity contribution in [3.05, 3.63) is 39.9 Å². The van der Waals surface area contributed by atoms with Gasteiger partial charge in [0.15, 0.2) is 0 Å². The number of amides is 1. The summed E-state index contributed by atoms with van der Waals surface area (Å²) in [4.78, 5) is 11.3. The van der Waals surface area contributed by atoms with E-state index in [1.807, 2.05) is 0 Å². The van der Waals surface area contributed by atoms with Crippen molar-refractivity contribution < 1.29 is 9.90 Å². The molecule has 0 spiro atoms. The summed E-state index contributed by atoms with van der Waals surface area (Å²) in [5.41, 5.74) is 0.784. The van der Waals surface area contributed by atoms with Gasteiger partial charge in [-0.05, 0) is 30.7 Å². The first-order valence-corrected chi connectivity index (χ1v) is 5.83. The van der Waals surface area contributed by atoms with E-state index in [1.165, 1.54) is 6.08 Å². The maximum absolute atomic E-state index is 11.3. The van der Waals surface area contributed by atoms with Gasteiger partial charge in [-0.15, -0.1) is 0 Å². The van der Waals surface area contributed by atoms with Crippen LogP contribution < -0.4 is 5.32 Å². The topological polar surface area (TPSA) is 49.3 Å². The molecule has 0 saturated carbocycles. The highest BCUT2D eigenvalue weighted by Gasteiger charge is 2.00. The zero-order chi connectivity index (χ0) is 12.8. The lowest BCUT2D eigenvalue weighted by Crippen LogP contribution is -2.28. The second kappa shape index (κ2) is 6.64. The molecule has 2 N–H and O–H groups in total. The van der Waals surface area contributed by atoms with Crippen LogP contribution in [0.25, 0.3) is 6.08 Å². The summed E-state index contributed by atoms with van der Waals surface area (Å²) in [6.45, 7) is 1.83. The van der Waals surface area contributed by atoms with Crippen LogP contribution in [0.3, 0.4) is 0 Å². The first-order chi connectivity index (χ1) is 7.99. The molecule has 0 aromatic heterocycles. The van der Waals surface area contributed by atoms with Gasteiger partial charge < -0.3 is 10.4 Å². The van der Waals surface area contributed by atoms with Crippen molar-refractivity contribution in [2.24, 2.45) is 0 Å². The van der Waals surface area contributed by atoms with E-state index in [1.54, 1.807) is 31.2 Å². The predicted molar refractivity (Wildman–Crippen MR) is 70.2 cm³/mol. The van der Waals surface area contributed by atoms with E-state index in [0.717, 1.165) is 5.56 Å². The Morgan fingerprint density at radius 3 is 2.76 bits per heavy atom. The Kier molecular flexibility index (Phi) is 5.48. The highest BCUT2D eigenvalue weighted by Crippen LogP contribution is 2.22. The first kappa shape index (κ1) is 14.0. The minimum atomic E-state index is -0.558. The highest BCUT2D eigenvalue weighted by molar-refractivity contribution is 6.42. The molecule has 17 heavy (non-hydrogen) atoms. The smallest absolute Gasteiger partial charge is 0.244 e. The van der Waals surface area contributed by atoms with Crippen molar-refractivity contribution >= 4 is 35.2 Å². The lowest BCUT2D eigenvalue weighted by Gasteiger charge is -2.03. The van der Waals surface area contributed by atoms with Gasteiger partial charge in [0.1, 0.15) is 0 Å². The summed E-state index contributed by atoms with van der Waals surface area (Å²) in [5.74, 6) is -0.267. The van der Waals surface area contributed by atoms with Crippen molar-refractivity contribution in [2.45, 2.75) is 13.0 Å². The van der Waals surface area contributed by atoms with Crippen LogP contribution in [0, 0.1) is 0 Å². The lowest BCUT2D eigenvalue weighted by atomic mass is 10.2. The second-order valence-corrected chi connectivity index (χ2v) is 4.42. The molecular weight excluding hydrogens is 261 g/mol. The number of carbonyl (C=O) groups is 1. The van der Waals surface area contributed by atoms with Crippen LogP contribution in [0.4, 0.5) is 0 Å². The fourth-order valence-electron chi connectivity index (χ4n) is 1.10. The average molecular weight is 274 g/mol. The van der Waals surface area contributed by atoms with Gasteiger partial charge in [-0.2, -0.15) is 0 Å². The standard InChI is InChI=1S/C12H13Cl2NO2/c1-8(16)7-15-12(17)5-3-9-2-4-10(13)11(14)6-9/h2-6,8,16H,7H2,1H3,(H,15,17)/b5-3+. The quantitative estimate of drug-likeness (QED) is 0.829. The molecule has 0 aliphatic rings. The van der Waals surface area contributed by atoms with Gasteiger partial charge in [-0.1, -0.05) is 29.3 Å². The van der Waals surface area contributed by atoms with Crippen molar-refractivity contribution in [1.29, 1.82) is 0 Å². The zero-order valence-electron chi connectivity index (χ0n) is 9.28. The molecule has 3 nitrogen and oxygen atoms in total. The van der Waals surface area contributed by atoms with Crippen LogP contribution in [0.2, 0.25) is 10.0 Å². The van der Waals surface area contributed by atoms with Gasteiger partial charge in [0.05, 0.1) is 16.1 Å². The Balaban J connectivity index is 2.58. The summed E-state index contributed by atoms with van der Waals surface area (Å²) < 4.78 is 0. The van der Waals surface area contributed by atoms with E-state index < -0.39 is 6.10 Å². The Bertz CT molecular complexity index is 431. The van der Waals surface area contributed by atoms with Gasteiger partial charge in [0, 0.05) is 12.6 Å². The average Bonchev–Trinajstić information content (AvgIpc) is 2.28. The zero-order valence-corrected chi connectivity index (χ0v) is 10.8. The number of hydrogen-bond donors (Lipinski definition) is 2. The lowest BCUT2D eigenvalue weighted by molar-refractivity contribution is -0.116. The molecule has 0 fully saturated rings. The second-order valence-electron chi connectivity index (χ2n) is 3.60. The van der Waals surface area contributed by atoms with Gasteiger partial charge in [-0.3, -0.25) is 4.79 Å². The van der Waals surface area contributed by atoms with Gasteiger partial charge >= 0.3 is 0 Å². The van der Waals surface area contributed by atoms with Crippen LogP contribution >= 0.6 is 23.2 Å². The SMILES string of the molecule is CC(O)CNC(=O)/C=C/c1ccc(Cl)c(Cl)c1. The Hall–Kier alpha value is -1.03. The third-order valence-corrected chi connectivity index (χ3v) is 2.68. The molecule has 1 amide bonds. The van der Waals surface area contributed by atoms with E-state index in [-0.39, 0.29) is 12.5 Å². The van der Waals surface area contributed by atoms with Gasteiger partial charge in [-0.25, -0.2) is 0 Å². The number of rotatable bonds is 4. The third-order valence-electron chi connectivity index (χ3n) is 1.94. The maximum atomic E-state index is 11.3. The molecule has 0 aliphatic heterocycles. The summed E-state index contributed by atoms with van der Waals surface area (Å²) in [6, 6.07) is 5.09. The third kappa shape index (κ3) is 5.22. The van der Waals surface area contributed by atoms with Crippen molar-refractivity contribution in [3.63, 3.8) is 0 Å². The summed E-state index contributed by atoms with van der Waals surface area (Å²) in [7, 11) is 0. The molecule has 0 heterocycles. The number of nitrogens with one attached hydrogen (secondary N) is 1. The van der Waals surface area contributed by atoms with Crippen LogP contribution in [-0.4, -0.2) is 23.7 Å². The molecule has 0 bridgehead atoms. The minimum Gasteiger partial charge on any atom is -0.392 e. The van der Waals surface area contributed by atoms with Crippen LogP contribution in [-0.2, 0) is 4.79 Å². The van der Waals surface area contributed by atoms with Gasteiger partial charge in [0.2, 0.25) is 5.91 Å². The van der Waals surface area contributed by atoms with Crippen molar-refractivity contribution in [2.75, 3.05) is 6.54 Å². The Morgan fingerprint density at radius 1 is 1.47 bits per heavy atom. The van der Waals surface area contributed by atoms with E-state index in [4.69, 9.17) is 28.3 Å². The summed E-state index contributed by atoms with van der Waals surface area (Å²) in [6.07, 6.45) is 2.44. The minimum absolute atomic E-state index is 0.227. The number of halogens is 2. The number of aliphatic hydroxyl groups excluding tert-OH is 1. The molecule has 92 valence electrons. The fraction of sp³-hybridized carbons (Fsp3) is 0.250. The molecule has 1 unspecified atom stereocenters. The van der Waals surface area contributed by atoms with E-state index in [0.29, 0.717) is 10.0 Å². The molecule has 0 aliphatic carbocycles. The molecule has 0 radical (unpaired) electrons. The molecular formula is C12H13Cl2NO2. The maximum Gasteiger partial charge on any atom is 0.244 e. The molecule has 5 heteroatoms. The van der Waals surface area contributed by atoms with Crippen LogP contribution in [0.1, 0.15) is 12.5 Å². The first-order valence-electron chi connectivity index (χ1n) is 5.08. The molecule has 0 saturated heterocycles. The van der Waals surface area contributed by atoms with Crippen molar-refractivity contribution in [3.8, 4) is 0 Å². The number of aliphatic hydroxyl groups is 1. The largest absolute Gasteiger partial charge is 0.392 e. The summed E-state index contributed by atoms with van der Waals surface area (Å²) in [5, 5.41) is 12.4. The highest BCUT2D eigenvalue weighted by atomic mass is 35.5. The molecule has 1 aromatic rings. The summed E-state index contributed by atoms with van der Waals surface area (Å²) >= 11 is 11.6. The Morgan fingerprint density at radius 2 is 2.18 bits per heavy atom. The van der Waals surface area contributed by atoms with E-state index >= 15 is 0 Å². The molecule has 1 atom stereocenters. The number of carbonyl (C=O) groups excluding carboxylic acids is 1. The van der Waals surface area contributed by atoms with E-state index in [2.05, 4.69) is 5.32 Å². The number of hydrogen-bond acceptors (Lipinski definition) is 2. The fourth-order valence-corrected chi connectivity index (χ4v) is 1.40. The normalized spacial score (nSPS) is 12.7. The van der Waals surface area contributed by atoms with Crippen LogP contribution in [0.5, 0.6) is 0 Å².